The number of halogens is 2. The Balaban J connectivity index is 2.36. The first-order valence-corrected chi connectivity index (χ1v) is 8.41. The van der Waals surface area contributed by atoms with Gasteiger partial charge in [0.25, 0.3) is 0 Å². The molecule has 1 heterocycles. The molecule has 98 valence electrons. The molecule has 0 spiro atoms. The van der Waals surface area contributed by atoms with E-state index >= 15 is 0 Å². The molecule has 0 radical (unpaired) electrons. The van der Waals surface area contributed by atoms with Crippen LogP contribution in [0.25, 0.3) is 0 Å². The summed E-state index contributed by atoms with van der Waals surface area (Å²) in [6, 6.07) is 5.02. The van der Waals surface area contributed by atoms with Gasteiger partial charge in [-0.25, -0.2) is 8.42 Å². The van der Waals surface area contributed by atoms with Crippen LogP contribution in [0.1, 0.15) is 12.8 Å². The highest BCUT2D eigenvalue weighted by Crippen LogP contribution is 2.29. The van der Waals surface area contributed by atoms with E-state index in [1.54, 1.807) is 18.2 Å². The molecule has 1 aromatic rings. The van der Waals surface area contributed by atoms with Crippen LogP contribution in [0.15, 0.2) is 32.0 Å². The van der Waals surface area contributed by atoms with Gasteiger partial charge in [0.1, 0.15) is 5.78 Å². The van der Waals surface area contributed by atoms with Crippen LogP contribution in [0.2, 0.25) is 0 Å². The van der Waals surface area contributed by atoms with E-state index < -0.39 is 10.0 Å². The summed E-state index contributed by atoms with van der Waals surface area (Å²) in [5.41, 5.74) is 0. The molecule has 1 saturated heterocycles. The summed E-state index contributed by atoms with van der Waals surface area (Å²) in [4.78, 5) is 11.4. The Morgan fingerprint density at radius 3 is 2.33 bits per heavy atom. The SMILES string of the molecule is O=C1CCN(S(=O)(=O)c2cc(Br)ccc2Br)CC1. The molecule has 0 aromatic heterocycles. The molecule has 1 fully saturated rings. The summed E-state index contributed by atoms with van der Waals surface area (Å²) < 4.78 is 27.5. The molecule has 0 saturated carbocycles. The van der Waals surface area contributed by atoms with Gasteiger partial charge in [-0.15, -0.1) is 0 Å². The molecule has 0 amide bonds. The van der Waals surface area contributed by atoms with Crippen molar-refractivity contribution >= 4 is 47.7 Å². The van der Waals surface area contributed by atoms with Crippen LogP contribution in [0.4, 0.5) is 0 Å². The number of hydrogen-bond acceptors (Lipinski definition) is 3. The molecule has 0 aliphatic carbocycles. The van der Waals surface area contributed by atoms with Crippen molar-refractivity contribution in [3.05, 3.63) is 27.1 Å². The maximum Gasteiger partial charge on any atom is 0.244 e. The molecule has 0 bridgehead atoms. The number of benzene rings is 1. The smallest absolute Gasteiger partial charge is 0.244 e. The van der Waals surface area contributed by atoms with Gasteiger partial charge in [0.2, 0.25) is 10.0 Å². The van der Waals surface area contributed by atoms with Crippen molar-refractivity contribution in [2.45, 2.75) is 17.7 Å². The molecular weight excluding hydrogens is 386 g/mol. The number of Topliss-reactive ketones (excluding diaryl/α,β-unsaturated/α-hetero) is 1. The number of sulfonamides is 1. The van der Waals surface area contributed by atoms with Gasteiger partial charge in [-0.2, -0.15) is 4.31 Å². The molecule has 18 heavy (non-hydrogen) atoms. The molecule has 1 aliphatic heterocycles. The molecule has 0 unspecified atom stereocenters. The maximum absolute atomic E-state index is 12.4. The number of piperidine rings is 1. The third-order valence-corrected chi connectivity index (χ3v) is 6.18. The first-order valence-electron chi connectivity index (χ1n) is 5.38. The van der Waals surface area contributed by atoms with Gasteiger partial charge in [-0.05, 0) is 34.1 Å². The molecule has 1 aliphatic rings. The van der Waals surface area contributed by atoms with Crippen molar-refractivity contribution in [2.24, 2.45) is 0 Å². The molecular formula is C11H11Br2NO3S. The maximum atomic E-state index is 12.4. The van der Waals surface area contributed by atoms with Crippen LogP contribution in [0, 0.1) is 0 Å². The van der Waals surface area contributed by atoms with E-state index in [1.807, 2.05) is 0 Å². The summed E-state index contributed by atoms with van der Waals surface area (Å²) in [7, 11) is -3.53. The lowest BCUT2D eigenvalue weighted by Crippen LogP contribution is -2.38. The van der Waals surface area contributed by atoms with Gasteiger partial charge >= 0.3 is 0 Å². The summed E-state index contributed by atoms with van der Waals surface area (Å²) in [6.45, 7) is 0.528. The van der Waals surface area contributed by atoms with E-state index in [-0.39, 0.29) is 23.8 Å². The third-order valence-electron chi connectivity index (χ3n) is 2.79. The van der Waals surface area contributed by atoms with Crippen molar-refractivity contribution < 1.29 is 13.2 Å². The van der Waals surface area contributed by atoms with E-state index in [4.69, 9.17) is 0 Å². The van der Waals surface area contributed by atoms with Gasteiger partial charge in [0.05, 0.1) is 4.90 Å². The summed E-state index contributed by atoms with van der Waals surface area (Å²) in [5, 5.41) is 0. The third kappa shape index (κ3) is 2.84. The lowest BCUT2D eigenvalue weighted by atomic mass is 10.1. The number of carbonyl (C=O) groups is 1. The average molecular weight is 397 g/mol. The highest BCUT2D eigenvalue weighted by atomic mass is 79.9. The Kier molecular flexibility index (Phi) is 4.25. The monoisotopic (exact) mass is 395 g/mol. The number of nitrogens with zero attached hydrogens (tertiary/aromatic N) is 1. The first-order chi connectivity index (χ1) is 8.41. The standard InChI is InChI=1S/C11H11Br2NO3S/c12-8-1-2-10(13)11(7-8)18(16,17)14-5-3-9(15)4-6-14/h1-2,7H,3-6H2. The minimum Gasteiger partial charge on any atom is -0.300 e. The number of rotatable bonds is 2. The van der Waals surface area contributed by atoms with Crippen molar-refractivity contribution in [3.8, 4) is 0 Å². The topological polar surface area (TPSA) is 54.5 Å². The van der Waals surface area contributed by atoms with Gasteiger partial charge in [-0.1, -0.05) is 15.9 Å². The number of hydrogen-bond donors (Lipinski definition) is 0. The summed E-state index contributed by atoms with van der Waals surface area (Å²) >= 11 is 6.52. The van der Waals surface area contributed by atoms with Gasteiger partial charge in [0, 0.05) is 34.9 Å². The fraction of sp³-hybridized carbons (Fsp3) is 0.364. The quantitative estimate of drug-likeness (QED) is 0.771. The highest BCUT2D eigenvalue weighted by Gasteiger charge is 2.29. The Morgan fingerprint density at radius 1 is 1.11 bits per heavy atom. The zero-order valence-electron chi connectivity index (χ0n) is 9.40. The van der Waals surface area contributed by atoms with Gasteiger partial charge in [-0.3, -0.25) is 4.79 Å². The molecule has 7 heteroatoms. The van der Waals surface area contributed by atoms with Crippen LogP contribution in [0.5, 0.6) is 0 Å². The van der Waals surface area contributed by atoms with E-state index in [2.05, 4.69) is 31.9 Å². The second kappa shape index (κ2) is 5.40. The zero-order valence-corrected chi connectivity index (χ0v) is 13.4. The molecule has 2 rings (SSSR count). The van der Waals surface area contributed by atoms with Gasteiger partial charge in [0.15, 0.2) is 0 Å². The lowest BCUT2D eigenvalue weighted by molar-refractivity contribution is -0.120. The van der Waals surface area contributed by atoms with Crippen LogP contribution in [0.3, 0.4) is 0 Å². The van der Waals surface area contributed by atoms with E-state index in [9.17, 15) is 13.2 Å². The fourth-order valence-corrected chi connectivity index (χ4v) is 4.69. The number of ketones is 1. The Labute approximate surface area is 123 Å². The second-order valence-corrected chi connectivity index (χ2v) is 7.69. The molecule has 0 atom stereocenters. The van der Waals surface area contributed by atoms with Crippen molar-refractivity contribution in [2.75, 3.05) is 13.1 Å². The highest BCUT2D eigenvalue weighted by molar-refractivity contribution is 9.11. The molecule has 0 N–H and O–H groups in total. The Bertz CT molecular complexity index is 576. The van der Waals surface area contributed by atoms with Crippen LogP contribution in [-0.2, 0) is 14.8 Å². The normalized spacial score (nSPS) is 18.0. The molecule has 4 nitrogen and oxygen atoms in total. The Morgan fingerprint density at radius 2 is 1.72 bits per heavy atom. The molecule has 1 aromatic carbocycles. The second-order valence-electron chi connectivity index (χ2n) is 4.02. The fourth-order valence-electron chi connectivity index (χ4n) is 1.79. The minimum atomic E-state index is -3.53. The largest absolute Gasteiger partial charge is 0.300 e. The van der Waals surface area contributed by atoms with E-state index in [1.165, 1.54) is 4.31 Å². The van der Waals surface area contributed by atoms with Crippen molar-refractivity contribution in [1.29, 1.82) is 0 Å². The van der Waals surface area contributed by atoms with Crippen LogP contribution >= 0.6 is 31.9 Å². The summed E-state index contributed by atoms with van der Waals surface area (Å²) in [6.07, 6.45) is 0.593. The van der Waals surface area contributed by atoms with Crippen LogP contribution in [-0.4, -0.2) is 31.6 Å². The van der Waals surface area contributed by atoms with Gasteiger partial charge < -0.3 is 0 Å². The van der Waals surface area contributed by atoms with Crippen molar-refractivity contribution in [1.82, 2.24) is 4.31 Å². The lowest BCUT2D eigenvalue weighted by Gasteiger charge is -2.25. The Hall–Kier alpha value is -0.240. The number of carbonyl (C=O) groups excluding carboxylic acids is 1. The van der Waals surface area contributed by atoms with E-state index in [0.29, 0.717) is 21.8 Å². The first kappa shape index (κ1) is 14.2. The zero-order chi connectivity index (χ0) is 13.3. The van der Waals surface area contributed by atoms with E-state index in [0.717, 1.165) is 0 Å². The summed E-state index contributed by atoms with van der Waals surface area (Å²) in [5.74, 6) is 0.120. The average Bonchev–Trinajstić information content (AvgIpc) is 2.32. The predicted octanol–water partition coefficient (Wildman–Crippen LogP) is 2.57. The van der Waals surface area contributed by atoms with Crippen LogP contribution < -0.4 is 0 Å². The van der Waals surface area contributed by atoms with Crippen molar-refractivity contribution in [3.63, 3.8) is 0 Å². The predicted molar refractivity (Wildman–Crippen MR) is 74.8 cm³/mol. The minimum absolute atomic E-state index is 0.120.